The van der Waals surface area contributed by atoms with Crippen molar-refractivity contribution in [2.45, 2.75) is 45.6 Å². The molecule has 3 rings (SSSR count). The Morgan fingerprint density at radius 2 is 1.23 bits per heavy atom. The molecule has 0 spiro atoms. The number of aryl methyl sites for hydroxylation is 2. The Kier molecular flexibility index (Phi) is 4.94. The molecule has 116 valence electrons. The molecule has 0 saturated carbocycles. The van der Waals surface area contributed by atoms with Gasteiger partial charge < -0.3 is 0 Å². The van der Waals surface area contributed by atoms with Gasteiger partial charge in [0.25, 0.3) is 0 Å². The van der Waals surface area contributed by atoms with Crippen LogP contribution in [0.5, 0.6) is 0 Å². The van der Waals surface area contributed by atoms with E-state index in [4.69, 9.17) is 0 Å². The van der Waals surface area contributed by atoms with Crippen molar-refractivity contribution in [1.29, 1.82) is 0 Å². The first-order valence-electron chi connectivity index (χ1n) is 8.74. The highest BCUT2D eigenvalue weighted by atomic mass is 15.2. The average molecular weight is 293 g/mol. The normalized spacial score (nSPS) is 15.6. The molecule has 1 aliphatic heterocycles. The monoisotopic (exact) mass is 293 g/mol. The molecule has 0 bridgehead atoms. The van der Waals surface area contributed by atoms with Gasteiger partial charge in [-0.2, -0.15) is 0 Å². The standard InChI is InChI=1S/C21H27N/c1-3-17-11-5-7-13-19(17)21(22-15-9-10-16-22)20-14-8-6-12-18(20)4-2/h5-8,11-14,21H,3-4,9-10,15-16H2,1-2H3. The second-order valence-corrected chi connectivity index (χ2v) is 6.25. The van der Waals surface area contributed by atoms with Gasteiger partial charge in [-0.25, -0.2) is 0 Å². The summed E-state index contributed by atoms with van der Waals surface area (Å²) in [5.41, 5.74) is 6.00. The molecular weight excluding hydrogens is 266 g/mol. The van der Waals surface area contributed by atoms with E-state index in [2.05, 4.69) is 67.3 Å². The van der Waals surface area contributed by atoms with Gasteiger partial charge in [-0.3, -0.25) is 4.90 Å². The Labute approximate surface area is 135 Å². The molecule has 1 heterocycles. The number of nitrogens with zero attached hydrogens (tertiary/aromatic N) is 1. The van der Waals surface area contributed by atoms with E-state index >= 15 is 0 Å². The number of benzene rings is 2. The fraction of sp³-hybridized carbons (Fsp3) is 0.429. The van der Waals surface area contributed by atoms with Crippen LogP contribution in [0.25, 0.3) is 0 Å². The summed E-state index contributed by atoms with van der Waals surface area (Å²) < 4.78 is 0. The zero-order chi connectivity index (χ0) is 15.4. The third-order valence-electron chi connectivity index (χ3n) is 4.97. The van der Waals surface area contributed by atoms with Crippen LogP contribution in [0.2, 0.25) is 0 Å². The van der Waals surface area contributed by atoms with Crippen LogP contribution in [0.4, 0.5) is 0 Å². The number of rotatable bonds is 5. The van der Waals surface area contributed by atoms with Gasteiger partial charge in [0.05, 0.1) is 6.04 Å². The third-order valence-corrected chi connectivity index (χ3v) is 4.97. The van der Waals surface area contributed by atoms with Crippen LogP contribution < -0.4 is 0 Å². The predicted octanol–water partition coefficient (Wildman–Crippen LogP) is 5.00. The van der Waals surface area contributed by atoms with Crippen molar-refractivity contribution in [1.82, 2.24) is 4.90 Å². The van der Waals surface area contributed by atoms with E-state index in [1.807, 2.05) is 0 Å². The molecule has 1 aliphatic rings. The van der Waals surface area contributed by atoms with Gasteiger partial charge in [0.15, 0.2) is 0 Å². The molecule has 1 heteroatoms. The maximum absolute atomic E-state index is 2.68. The molecule has 0 aliphatic carbocycles. The van der Waals surface area contributed by atoms with E-state index in [0.29, 0.717) is 6.04 Å². The van der Waals surface area contributed by atoms with Crippen LogP contribution in [0.15, 0.2) is 48.5 Å². The number of hydrogen-bond donors (Lipinski definition) is 0. The SMILES string of the molecule is CCc1ccccc1C(c1ccccc1CC)N1CCCC1. The first kappa shape index (κ1) is 15.3. The largest absolute Gasteiger partial charge is 0.292 e. The van der Waals surface area contributed by atoms with Gasteiger partial charge in [0.2, 0.25) is 0 Å². The quantitative estimate of drug-likeness (QED) is 0.750. The minimum absolute atomic E-state index is 0.426. The summed E-state index contributed by atoms with van der Waals surface area (Å²) in [7, 11) is 0. The zero-order valence-corrected chi connectivity index (χ0v) is 13.9. The molecule has 0 unspecified atom stereocenters. The molecule has 0 atom stereocenters. The zero-order valence-electron chi connectivity index (χ0n) is 13.9. The molecule has 1 fully saturated rings. The fourth-order valence-corrected chi connectivity index (χ4v) is 3.81. The highest BCUT2D eigenvalue weighted by Gasteiger charge is 2.27. The van der Waals surface area contributed by atoms with E-state index in [9.17, 15) is 0 Å². The lowest BCUT2D eigenvalue weighted by Gasteiger charge is -2.31. The molecule has 2 aromatic rings. The van der Waals surface area contributed by atoms with Crippen LogP contribution in [0.1, 0.15) is 55.0 Å². The second kappa shape index (κ2) is 7.11. The van der Waals surface area contributed by atoms with Crippen molar-refractivity contribution in [2.75, 3.05) is 13.1 Å². The maximum atomic E-state index is 2.68. The molecule has 1 saturated heterocycles. The summed E-state index contributed by atoms with van der Waals surface area (Å²) in [6.45, 7) is 6.98. The van der Waals surface area contributed by atoms with Gasteiger partial charge in [0.1, 0.15) is 0 Å². The lowest BCUT2D eigenvalue weighted by atomic mass is 9.89. The summed E-state index contributed by atoms with van der Waals surface area (Å²) >= 11 is 0. The Balaban J connectivity index is 2.11. The Morgan fingerprint density at radius 3 is 1.68 bits per heavy atom. The molecule has 0 aromatic heterocycles. The Hall–Kier alpha value is -1.60. The Morgan fingerprint density at radius 1 is 0.773 bits per heavy atom. The molecular formula is C21H27N. The van der Waals surface area contributed by atoms with Crippen molar-refractivity contribution in [2.24, 2.45) is 0 Å². The van der Waals surface area contributed by atoms with Gasteiger partial charge in [-0.05, 0) is 61.0 Å². The highest BCUT2D eigenvalue weighted by molar-refractivity contribution is 5.41. The van der Waals surface area contributed by atoms with Crippen LogP contribution in [0.3, 0.4) is 0 Å². The fourth-order valence-electron chi connectivity index (χ4n) is 3.81. The van der Waals surface area contributed by atoms with Crippen molar-refractivity contribution < 1.29 is 0 Å². The average Bonchev–Trinajstić information content (AvgIpc) is 3.10. The molecule has 0 amide bonds. The van der Waals surface area contributed by atoms with Crippen LogP contribution in [-0.4, -0.2) is 18.0 Å². The van der Waals surface area contributed by atoms with E-state index in [1.165, 1.54) is 48.2 Å². The Bertz CT molecular complexity index is 563. The summed E-state index contributed by atoms with van der Waals surface area (Å²) in [6, 6.07) is 18.5. The first-order chi connectivity index (χ1) is 10.8. The van der Waals surface area contributed by atoms with E-state index in [0.717, 1.165) is 12.8 Å². The first-order valence-corrected chi connectivity index (χ1v) is 8.74. The van der Waals surface area contributed by atoms with Crippen molar-refractivity contribution in [3.63, 3.8) is 0 Å². The molecule has 22 heavy (non-hydrogen) atoms. The van der Waals surface area contributed by atoms with E-state index in [1.54, 1.807) is 0 Å². The summed E-state index contributed by atoms with van der Waals surface area (Å²) in [5, 5.41) is 0. The third kappa shape index (κ3) is 2.96. The molecule has 1 nitrogen and oxygen atoms in total. The van der Waals surface area contributed by atoms with Gasteiger partial charge >= 0.3 is 0 Å². The van der Waals surface area contributed by atoms with E-state index in [-0.39, 0.29) is 0 Å². The molecule has 2 aromatic carbocycles. The minimum Gasteiger partial charge on any atom is -0.292 e. The lowest BCUT2D eigenvalue weighted by molar-refractivity contribution is 0.279. The number of hydrogen-bond acceptors (Lipinski definition) is 1. The lowest BCUT2D eigenvalue weighted by Crippen LogP contribution is -2.28. The predicted molar refractivity (Wildman–Crippen MR) is 94.3 cm³/mol. The molecule has 0 N–H and O–H groups in total. The van der Waals surface area contributed by atoms with Gasteiger partial charge in [0, 0.05) is 0 Å². The second-order valence-electron chi connectivity index (χ2n) is 6.25. The summed E-state index contributed by atoms with van der Waals surface area (Å²) in [5.74, 6) is 0. The maximum Gasteiger partial charge on any atom is 0.0607 e. The van der Waals surface area contributed by atoms with Gasteiger partial charge in [-0.15, -0.1) is 0 Å². The van der Waals surface area contributed by atoms with E-state index < -0.39 is 0 Å². The van der Waals surface area contributed by atoms with Crippen molar-refractivity contribution >= 4 is 0 Å². The van der Waals surface area contributed by atoms with Crippen LogP contribution >= 0.6 is 0 Å². The summed E-state index contributed by atoms with van der Waals surface area (Å²) in [6.07, 6.45) is 4.88. The van der Waals surface area contributed by atoms with Crippen LogP contribution in [0, 0.1) is 0 Å². The smallest absolute Gasteiger partial charge is 0.0607 e. The summed E-state index contributed by atoms with van der Waals surface area (Å²) in [4.78, 5) is 2.68. The topological polar surface area (TPSA) is 3.24 Å². The van der Waals surface area contributed by atoms with Gasteiger partial charge in [-0.1, -0.05) is 62.4 Å². The van der Waals surface area contributed by atoms with Crippen LogP contribution in [-0.2, 0) is 12.8 Å². The van der Waals surface area contributed by atoms with Crippen molar-refractivity contribution in [3.05, 3.63) is 70.8 Å². The van der Waals surface area contributed by atoms with Crippen molar-refractivity contribution in [3.8, 4) is 0 Å². The molecule has 0 radical (unpaired) electrons. The highest BCUT2D eigenvalue weighted by Crippen LogP contribution is 2.35. The number of likely N-dealkylation sites (tertiary alicyclic amines) is 1. The minimum atomic E-state index is 0.426.